The van der Waals surface area contributed by atoms with Crippen molar-refractivity contribution in [3.8, 4) is 0 Å². The maximum atomic E-state index is 8.99. The highest BCUT2D eigenvalue weighted by molar-refractivity contribution is 9.10. The summed E-state index contributed by atoms with van der Waals surface area (Å²) in [7, 11) is 0. The molecule has 1 aromatic heterocycles. The minimum Gasteiger partial charge on any atom is -1.00 e. The molecule has 2 heterocycles. The third kappa shape index (κ3) is 3.63. The van der Waals surface area contributed by atoms with E-state index in [1.165, 1.54) is 0 Å². The fourth-order valence-electron chi connectivity index (χ4n) is 2.59. The quantitative estimate of drug-likeness (QED) is 0.712. The number of nitrogens with zero attached hydrogens (tertiary/aromatic N) is 4. The molecule has 0 unspecified atom stereocenters. The van der Waals surface area contributed by atoms with E-state index >= 15 is 0 Å². The molecular weight excluding hydrogens is 356 g/mol. The van der Waals surface area contributed by atoms with Gasteiger partial charge >= 0.3 is 0 Å². The molecule has 0 bridgehead atoms. The van der Waals surface area contributed by atoms with E-state index in [1.54, 1.807) is 6.33 Å². The predicted molar refractivity (Wildman–Crippen MR) is 83.0 cm³/mol. The van der Waals surface area contributed by atoms with Gasteiger partial charge in [0.1, 0.15) is 12.1 Å². The van der Waals surface area contributed by atoms with Crippen LogP contribution in [0.2, 0.25) is 0 Å². The zero-order chi connectivity index (χ0) is 13.9. The highest BCUT2D eigenvalue weighted by Crippen LogP contribution is 2.26. The second kappa shape index (κ2) is 7.35. The number of aromatic nitrogens is 2. The van der Waals surface area contributed by atoms with Gasteiger partial charge in [0, 0.05) is 42.6 Å². The van der Waals surface area contributed by atoms with E-state index < -0.39 is 0 Å². The van der Waals surface area contributed by atoms with Gasteiger partial charge < -0.3 is 22.4 Å². The fraction of sp³-hybridized carbons (Fsp3) is 0.429. The third-order valence-electron chi connectivity index (χ3n) is 3.66. The lowest BCUT2D eigenvalue weighted by molar-refractivity contribution is -0.00000515. The Hall–Kier alpha value is -0.950. The molecule has 1 N–H and O–H groups in total. The molecular formula is C14H17BrClN4O-. The van der Waals surface area contributed by atoms with E-state index in [0.29, 0.717) is 0 Å². The van der Waals surface area contributed by atoms with Crippen LogP contribution in [0.1, 0.15) is 0 Å². The van der Waals surface area contributed by atoms with E-state index in [1.807, 2.05) is 12.1 Å². The van der Waals surface area contributed by atoms with Gasteiger partial charge in [-0.3, -0.25) is 4.90 Å². The average Bonchev–Trinajstić information content (AvgIpc) is 2.48. The molecule has 1 aliphatic rings. The summed E-state index contributed by atoms with van der Waals surface area (Å²) in [5, 5.41) is 10.1. The van der Waals surface area contributed by atoms with Gasteiger partial charge in [-0.15, -0.1) is 0 Å². The summed E-state index contributed by atoms with van der Waals surface area (Å²) in [4.78, 5) is 13.4. The highest BCUT2D eigenvalue weighted by atomic mass is 79.9. The van der Waals surface area contributed by atoms with Gasteiger partial charge in [-0.1, -0.05) is 15.9 Å². The maximum Gasteiger partial charge on any atom is 0.140 e. The van der Waals surface area contributed by atoms with Gasteiger partial charge in [0.05, 0.1) is 12.1 Å². The monoisotopic (exact) mass is 371 g/mol. The van der Waals surface area contributed by atoms with E-state index in [-0.39, 0.29) is 19.0 Å². The average molecular weight is 373 g/mol. The highest BCUT2D eigenvalue weighted by Gasteiger charge is 2.19. The van der Waals surface area contributed by atoms with E-state index in [4.69, 9.17) is 5.11 Å². The normalized spacial score (nSPS) is 16.0. The third-order valence-corrected chi connectivity index (χ3v) is 4.16. The van der Waals surface area contributed by atoms with Crippen LogP contribution in [-0.4, -0.2) is 59.3 Å². The summed E-state index contributed by atoms with van der Waals surface area (Å²) in [6.45, 7) is 4.75. The molecule has 0 radical (unpaired) electrons. The summed E-state index contributed by atoms with van der Waals surface area (Å²) >= 11 is 3.51. The topological polar surface area (TPSA) is 52.5 Å². The summed E-state index contributed by atoms with van der Waals surface area (Å²) in [5.74, 6) is 1.000. The van der Waals surface area contributed by atoms with Gasteiger partial charge in [-0.2, -0.15) is 0 Å². The number of piperazine rings is 1. The first-order chi connectivity index (χ1) is 9.78. The first-order valence-electron chi connectivity index (χ1n) is 6.76. The molecule has 21 heavy (non-hydrogen) atoms. The number of rotatable bonds is 3. The maximum absolute atomic E-state index is 8.99. The first-order valence-corrected chi connectivity index (χ1v) is 7.55. The van der Waals surface area contributed by atoms with Gasteiger partial charge in [0.2, 0.25) is 0 Å². The molecule has 2 aromatic rings. The van der Waals surface area contributed by atoms with E-state index in [2.05, 4.69) is 41.8 Å². The SMILES string of the molecule is OCCN1CCN(c2ncnc3ccc(Br)cc23)CC1.[Cl-]. The van der Waals surface area contributed by atoms with Crippen LogP contribution in [0.25, 0.3) is 10.9 Å². The van der Waals surface area contributed by atoms with Crippen LogP contribution in [0.3, 0.4) is 0 Å². The molecule has 0 amide bonds. The van der Waals surface area contributed by atoms with Crippen LogP contribution in [0.4, 0.5) is 5.82 Å². The van der Waals surface area contributed by atoms with Crippen molar-refractivity contribution in [3.05, 3.63) is 29.0 Å². The Labute approximate surface area is 138 Å². The molecule has 0 spiro atoms. The molecule has 114 valence electrons. The van der Waals surface area contributed by atoms with Crippen molar-refractivity contribution < 1.29 is 17.5 Å². The van der Waals surface area contributed by atoms with Crippen LogP contribution >= 0.6 is 15.9 Å². The number of anilines is 1. The molecule has 1 saturated heterocycles. The van der Waals surface area contributed by atoms with Crippen LogP contribution in [-0.2, 0) is 0 Å². The number of benzene rings is 1. The van der Waals surface area contributed by atoms with Crippen molar-refractivity contribution in [2.24, 2.45) is 0 Å². The second-order valence-electron chi connectivity index (χ2n) is 4.91. The van der Waals surface area contributed by atoms with Gasteiger partial charge in [0.15, 0.2) is 0 Å². The Bertz CT molecular complexity index is 605. The summed E-state index contributed by atoms with van der Waals surface area (Å²) in [6.07, 6.45) is 1.63. The van der Waals surface area contributed by atoms with Crippen molar-refractivity contribution in [1.82, 2.24) is 14.9 Å². The number of aliphatic hydroxyl groups excluding tert-OH is 1. The van der Waals surface area contributed by atoms with Crippen molar-refractivity contribution >= 4 is 32.7 Å². The predicted octanol–water partition coefficient (Wildman–Crippen LogP) is -1.49. The van der Waals surface area contributed by atoms with Crippen LogP contribution < -0.4 is 17.3 Å². The lowest BCUT2D eigenvalue weighted by Crippen LogP contribution is -3.00. The minimum atomic E-state index is 0. The van der Waals surface area contributed by atoms with Crippen LogP contribution in [0.15, 0.2) is 29.0 Å². The molecule has 1 aromatic carbocycles. The Morgan fingerprint density at radius 2 is 1.90 bits per heavy atom. The summed E-state index contributed by atoms with van der Waals surface area (Å²) in [6, 6.07) is 6.08. The molecule has 5 nitrogen and oxygen atoms in total. The number of hydrogen-bond donors (Lipinski definition) is 1. The van der Waals surface area contributed by atoms with Gasteiger partial charge in [0.25, 0.3) is 0 Å². The Morgan fingerprint density at radius 1 is 1.14 bits per heavy atom. The van der Waals surface area contributed by atoms with Gasteiger partial charge in [-0.25, -0.2) is 9.97 Å². The van der Waals surface area contributed by atoms with E-state index in [9.17, 15) is 0 Å². The minimum absolute atomic E-state index is 0. The standard InChI is InChI=1S/C14H17BrN4O.ClH/c15-11-1-2-13-12(9-11)14(17-10-16-13)19-5-3-18(4-6-19)7-8-20;/h1-2,9-10,20H,3-8H2;1H/p-1. The number of hydrogen-bond acceptors (Lipinski definition) is 5. The Kier molecular flexibility index (Phi) is 5.75. The molecule has 1 fully saturated rings. The van der Waals surface area contributed by atoms with Crippen molar-refractivity contribution in [1.29, 1.82) is 0 Å². The molecule has 0 aliphatic carbocycles. The van der Waals surface area contributed by atoms with Gasteiger partial charge in [-0.05, 0) is 18.2 Å². The number of β-amino-alcohol motifs (C(OH)–C–C–N with tert-alkyl or cyclic N) is 1. The zero-order valence-electron chi connectivity index (χ0n) is 11.5. The second-order valence-corrected chi connectivity index (χ2v) is 5.83. The van der Waals surface area contributed by atoms with Crippen LogP contribution in [0.5, 0.6) is 0 Å². The van der Waals surface area contributed by atoms with Crippen molar-refractivity contribution in [2.75, 3.05) is 44.2 Å². The number of halogens is 2. The largest absolute Gasteiger partial charge is 1.00 e. The van der Waals surface area contributed by atoms with E-state index in [0.717, 1.165) is 53.9 Å². The lowest BCUT2D eigenvalue weighted by Gasteiger charge is -2.35. The Morgan fingerprint density at radius 3 is 2.62 bits per heavy atom. The number of fused-ring (bicyclic) bond motifs is 1. The number of aliphatic hydroxyl groups is 1. The smallest absolute Gasteiger partial charge is 0.140 e. The summed E-state index contributed by atoms with van der Waals surface area (Å²) < 4.78 is 1.04. The zero-order valence-corrected chi connectivity index (χ0v) is 13.9. The molecule has 0 saturated carbocycles. The molecule has 1 aliphatic heterocycles. The lowest BCUT2D eigenvalue weighted by atomic mass is 10.2. The van der Waals surface area contributed by atoms with Crippen molar-refractivity contribution in [2.45, 2.75) is 0 Å². The summed E-state index contributed by atoms with van der Waals surface area (Å²) in [5.41, 5.74) is 0.969. The van der Waals surface area contributed by atoms with Crippen molar-refractivity contribution in [3.63, 3.8) is 0 Å². The molecule has 7 heteroatoms. The van der Waals surface area contributed by atoms with Crippen LogP contribution in [0, 0.1) is 0 Å². The first kappa shape index (κ1) is 16.4. The molecule has 0 atom stereocenters. The fourth-order valence-corrected chi connectivity index (χ4v) is 2.95. The Balaban J connectivity index is 0.00000161. The molecule has 3 rings (SSSR count).